The zero-order chi connectivity index (χ0) is 26.8. The Bertz CT molecular complexity index is 1510. The Morgan fingerprint density at radius 1 is 1.00 bits per heavy atom. The van der Waals surface area contributed by atoms with Crippen LogP contribution in [-0.2, 0) is 0 Å². The van der Waals surface area contributed by atoms with Crippen molar-refractivity contribution in [2.24, 2.45) is 0 Å². The largest absolute Gasteiger partial charge is 0.493 e. The number of nitrogens with zero attached hydrogens (tertiary/aromatic N) is 6. The van der Waals surface area contributed by atoms with Gasteiger partial charge in [0.05, 0.1) is 30.6 Å². The van der Waals surface area contributed by atoms with Crippen LogP contribution in [0.2, 0.25) is 0 Å². The maximum absolute atomic E-state index is 13.8. The fourth-order valence-corrected chi connectivity index (χ4v) is 6.17. The Hall–Kier alpha value is -3.37. The SMILES string of the molecule is COc1cc2ncnc(N3CCC(n4c(SCCN(C)C)nc5ccc(C)cc5c4=O)CC3)c2cc1OC. The van der Waals surface area contributed by atoms with Crippen molar-refractivity contribution in [3.05, 3.63) is 52.6 Å². The van der Waals surface area contributed by atoms with E-state index in [2.05, 4.69) is 33.9 Å². The van der Waals surface area contributed by atoms with Gasteiger partial charge in [0.25, 0.3) is 5.56 Å². The summed E-state index contributed by atoms with van der Waals surface area (Å²) in [6, 6.07) is 9.82. The summed E-state index contributed by atoms with van der Waals surface area (Å²) in [5, 5.41) is 2.41. The van der Waals surface area contributed by atoms with E-state index in [9.17, 15) is 4.79 Å². The van der Waals surface area contributed by atoms with E-state index < -0.39 is 0 Å². The molecule has 4 aromatic rings. The average molecular weight is 535 g/mol. The molecule has 2 aromatic heterocycles. The average Bonchev–Trinajstić information content (AvgIpc) is 2.92. The Labute approximate surface area is 226 Å². The van der Waals surface area contributed by atoms with Crippen molar-refractivity contribution in [1.82, 2.24) is 24.4 Å². The minimum atomic E-state index is 0.0498. The number of benzene rings is 2. The number of hydrogen-bond donors (Lipinski definition) is 0. The molecule has 2 aromatic carbocycles. The van der Waals surface area contributed by atoms with Crippen LogP contribution in [-0.4, -0.2) is 78.1 Å². The van der Waals surface area contributed by atoms with Gasteiger partial charge in [-0.3, -0.25) is 9.36 Å². The molecule has 0 bridgehead atoms. The molecule has 0 amide bonds. The van der Waals surface area contributed by atoms with Crippen LogP contribution in [0.4, 0.5) is 5.82 Å². The van der Waals surface area contributed by atoms with Crippen LogP contribution in [0.25, 0.3) is 21.8 Å². The fraction of sp³-hybridized carbons (Fsp3) is 0.429. The quantitative estimate of drug-likeness (QED) is 0.244. The molecule has 0 atom stereocenters. The second kappa shape index (κ2) is 11.2. The van der Waals surface area contributed by atoms with Gasteiger partial charge in [-0.15, -0.1) is 0 Å². The summed E-state index contributed by atoms with van der Waals surface area (Å²) in [5.74, 6) is 3.03. The summed E-state index contributed by atoms with van der Waals surface area (Å²) in [7, 11) is 7.36. The van der Waals surface area contributed by atoms with E-state index in [1.165, 1.54) is 0 Å². The maximum atomic E-state index is 13.8. The number of hydrogen-bond acceptors (Lipinski definition) is 9. The van der Waals surface area contributed by atoms with Gasteiger partial charge in [-0.1, -0.05) is 23.4 Å². The Morgan fingerprint density at radius 3 is 2.45 bits per heavy atom. The Morgan fingerprint density at radius 2 is 1.74 bits per heavy atom. The van der Waals surface area contributed by atoms with Crippen LogP contribution in [0.5, 0.6) is 11.5 Å². The standard InChI is InChI=1S/C28H34N6O3S/c1-18-6-7-22-21(14-18)27(35)34(28(31-22)38-13-12-32(2)3)19-8-10-33(11-9-19)26-20-15-24(36-4)25(37-5)16-23(20)29-17-30-26/h6-7,14-17,19H,8-13H2,1-5H3. The number of ether oxygens (including phenoxy) is 2. The lowest BCUT2D eigenvalue weighted by atomic mass is 10.0. The van der Waals surface area contributed by atoms with E-state index in [0.29, 0.717) is 16.9 Å². The maximum Gasteiger partial charge on any atom is 0.262 e. The number of methoxy groups -OCH3 is 2. The molecule has 200 valence electrons. The first kappa shape index (κ1) is 26.2. The van der Waals surface area contributed by atoms with Gasteiger partial charge in [0.1, 0.15) is 12.1 Å². The van der Waals surface area contributed by atoms with E-state index >= 15 is 0 Å². The summed E-state index contributed by atoms with van der Waals surface area (Å²) in [5.41, 5.74) is 2.68. The monoisotopic (exact) mass is 534 g/mol. The third kappa shape index (κ3) is 5.15. The van der Waals surface area contributed by atoms with Crippen molar-refractivity contribution >= 4 is 39.4 Å². The molecule has 10 heteroatoms. The Kier molecular flexibility index (Phi) is 7.71. The van der Waals surface area contributed by atoms with E-state index in [4.69, 9.17) is 14.5 Å². The van der Waals surface area contributed by atoms with Gasteiger partial charge in [0.2, 0.25) is 0 Å². The van der Waals surface area contributed by atoms with E-state index in [1.807, 2.05) is 41.8 Å². The van der Waals surface area contributed by atoms with Gasteiger partial charge < -0.3 is 19.3 Å². The fourth-order valence-electron chi connectivity index (χ4n) is 4.99. The zero-order valence-corrected chi connectivity index (χ0v) is 23.4. The molecule has 1 aliphatic heterocycles. The lowest BCUT2D eigenvalue weighted by molar-refractivity contribution is 0.355. The topological polar surface area (TPSA) is 85.6 Å². The van der Waals surface area contributed by atoms with Crippen LogP contribution in [0.1, 0.15) is 24.4 Å². The van der Waals surface area contributed by atoms with Crippen LogP contribution < -0.4 is 19.9 Å². The predicted molar refractivity (Wildman–Crippen MR) is 153 cm³/mol. The second-order valence-corrected chi connectivity index (χ2v) is 10.9. The number of thioether (sulfide) groups is 1. The predicted octanol–water partition coefficient (Wildman–Crippen LogP) is 4.16. The van der Waals surface area contributed by atoms with Crippen LogP contribution in [0.3, 0.4) is 0 Å². The van der Waals surface area contributed by atoms with Crippen molar-refractivity contribution < 1.29 is 9.47 Å². The summed E-state index contributed by atoms with van der Waals surface area (Å²) < 4.78 is 12.9. The first-order valence-corrected chi connectivity index (χ1v) is 13.8. The second-order valence-electron chi connectivity index (χ2n) is 9.88. The number of fused-ring (bicyclic) bond motifs is 2. The van der Waals surface area contributed by atoms with E-state index in [-0.39, 0.29) is 11.6 Å². The third-order valence-corrected chi connectivity index (χ3v) is 7.97. The highest BCUT2D eigenvalue weighted by molar-refractivity contribution is 7.99. The number of anilines is 1. The lowest BCUT2D eigenvalue weighted by Gasteiger charge is -2.34. The molecular weight excluding hydrogens is 500 g/mol. The smallest absolute Gasteiger partial charge is 0.262 e. The molecule has 0 aliphatic carbocycles. The highest BCUT2D eigenvalue weighted by Crippen LogP contribution is 2.36. The molecule has 1 aliphatic rings. The molecule has 0 unspecified atom stereocenters. The number of piperidine rings is 1. The van der Waals surface area contributed by atoms with Gasteiger partial charge in [-0.05, 0) is 52.1 Å². The highest BCUT2D eigenvalue weighted by Gasteiger charge is 2.27. The normalized spacial score (nSPS) is 14.5. The van der Waals surface area contributed by atoms with Gasteiger partial charge in [-0.25, -0.2) is 15.0 Å². The molecule has 0 spiro atoms. The van der Waals surface area contributed by atoms with Crippen molar-refractivity contribution in [2.75, 3.05) is 58.6 Å². The number of aromatic nitrogens is 4. The van der Waals surface area contributed by atoms with Gasteiger partial charge in [0.15, 0.2) is 16.7 Å². The molecule has 1 saturated heterocycles. The van der Waals surface area contributed by atoms with Crippen molar-refractivity contribution in [3.8, 4) is 11.5 Å². The molecule has 5 rings (SSSR count). The van der Waals surface area contributed by atoms with Crippen molar-refractivity contribution in [3.63, 3.8) is 0 Å². The van der Waals surface area contributed by atoms with Gasteiger partial charge in [-0.2, -0.15) is 0 Å². The van der Waals surface area contributed by atoms with Crippen LogP contribution in [0.15, 0.2) is 46.6 Å². The Balaban J connectivity index is 1.45. The lowest BCUT2D eigenvalue weighted by Crippen LogP contribution is -2.39. The third-order valence-electron chi connectivity index (χ3n) is 7.04. The summed E-state index contributed by atoms with van der Waals surface area (Å²) >= 11 is 1.66. The van der Waals surface area contributed by atoms with E-state index in [1.54, 1.807) is 32.3 Å². The van der Waals surface area contributed by atoms with Crippen LogP contribution in [0, 0.1) is 6.92 Å². The van der Waals surface area contributed by atoms with Crippen LogP contribution >= 0.6 is 11.8 Å². The summed E-state index contributed by atoms with van der Waals surface area (Å²) in [6.45, 7) is 4.47. The molecule has 0 saturated carbocycles. The molecule has 0 N–H and O–H groups in total. The zero-order valence-electron chi connectivity index (χ0n) is 22.6. The van der Waals surface area contributed by atoms with Crippen molar-refractivity contribution in [2.45, 2.75) is 31.0 Å². The number of aryl methyl sites for hydroxylation is 1. The molecule has 38 heavy (non-hydrogen) atoms. The number of rotatable bonds is 8. The first-order chi connectivity index (χ1) is 18.4. The molecular formula is C28H34N6O3S. The first-order valence-electron chi connectivity index (χ1n) is 12.8. The molecule has 1 fully saturated rings. The minimum absolute atomic E-state index is 0.0498. The van der Waals surface area contributed by atoms with E-state index in [0.717, 1.165) is 71.2 Å². The molecule has 9 nitrogen and oxygen atoms in total. The van der Waals surface area contributed by atoms with Gasteiger partial charge >= 0.3 is 0 Å². The summed E-state index contributed by atoms with van der Waals surface area (Å²) in [6.07, 6.45) is 3.23. The summed E-state index contributed by atoms with van der Waals surface area (Å²) in [4.78, 5) is 32.2. The highest BCUT2D eigenvalue weighted by atomic mass is 32.2. The molecule has 3 heterocycles. The molecule has 0 radical (unpaired) electrons. The minimum Gasteiger partial charge on any atom is -0.493 e. The van der Waals surface area contributed by atoms with Gasteiger partial charge in [0, 0.05) is 42.9 Å². The van der Waals surface area contributed by atoms with Crippen molar-refractivity contribution in [1.29, 1.82) is 0 Å².